The van der Waals surface area contributed by atoms with E-state index in [1.807, 2.05) is 0 Å². The average Bonchev–Trinajstić information content (AvgIpc) is 3.29. The van der Waals surface area contributed by atoms with E-state index in [0.717, 1.165) is 30.3 Å². The van der Waals surface area contributed by atoms with Crippen LogP contribution in [0, 0.1) is 5.82 Å². The van der Waals surface area contributed by atoms with Crippen LogP contribution in [-0.2, 0) is 26.7 Å². The quantitative estimate of drug-likeness (QED) is 0.290. The molecule has 5 rings (SSSR count). The fourth-order valence-electron chi connectivity index (χ4n) is 5.82. The van der Waals surface area contributed by atoms with Gasteiger partial charge in [0.25, 0.3) is 0 Å². The van der Waals surface area contributed by atoms with Gasteiger partial charge in [-0.3, -0.25) is 0 Å². The molecule has 1 fully saturated rings. The Labute approximate surface area is 217 Å². The molecule has 0 spiro atoms. The summed E-state index contributed by atoms with van der Waals surface area (Å²) in [7, 11) is -4.42. The lowest BCUT2D eigenvalue weighted by Gasteiger charge is -2.43. The summed E-state index contributed by atoms with van der Waals surface area (Å²) in [5.41, 5.74) is -6.98. The second-order valence-corrected chi connectivity index (χ2v) is 11.7. The molecular formula is C25H19F8N3O2S. The number of aromatic nitrogens is 2. The summed E-state index contributed by atoms with van der Waals surface area (Å²) in [6.45, 7) is 0.149. The number of hydrogen-bond donors (Lipinski definition) is 0. The van der Waals surface area contributed by atoms with Gasteiger partial charge in [0, 0.05) is 12.1 Å². The lowest BCUT2D eigenvalue weighted by atomic mass is 9.76. The number of nitrogens with zero attached hydrogens (tertiary/aromatic N) is 3. The van der Waals surface area contributed by atoms with Crippen molar-refractivity contribution in [3.63, 3.8) is 0 Å². The summed E-state index contributed by atoms with van der Waals surface area (Å²) in [5.74, 6) is -0.703. The highest BCUT2D eigenvalue weighted by Gasteiger charge is 2.73. The first kappa shape index (κ1) is 27.3. The van der Waals surface area contributed by atoms with Crippen molar-refractivity contribution in [3.05, 3.63) is 83.4 Å². The summed E-state index contributed by atoms with van der Waals surface area (Å²) in [4.78, 5) is 1.48. The van der Waals surface area contributed by atoms with Crippen molar-refractivity contribution in [1.82, 2.24) is 10.2 Å². The number of halogens is 8. The second-order valence-electron chi connectivity index (χ2n) is 9.47. The minimum atomic E-state index is -6.31. The summed E-state index contributed by atoms with van der Waals surface area (Å²) in [5, 5.41) is 7.51. The van der Waals surface area contributed by atoms with Crippen molar-refractivity contribution in [1.29, 1.82) is 0 Å². The van der Waals surface area contributed by atoms with E-state index < -0.39 is 50.0 Å². The molecular weight excluding hydrogens is 558 g/mol. The Hall–Kier alpha value is -3.29. The van der Waals surface area contributed by atoms with Gasteiger partial charge in [0.05, 0.1) is 29.0 Å². The first-order valence-corrected chi connectivity index (χ1v) is 13.1. The molecule has 14 heteroatoms. The molecule has 1 aliphatic heterocycles. The summed E-state index contributed by atoms with van der Waals surface area (Å²) in [6.07, 6.45) is -10.0. The van der Waals surface area contributed by atoms with Crippen LogP contribution in [0.1, 0.15) is 29.5 Å². The highest BCUT2D eigenvalue weighted by Crippen LogP contribution is 2.57. The minimum Gasteiger partial charge on any atom is -0.365 e. The van der Waals surface area contributed by atoms with Gasteiger partial charge in [-0.1, -0.05) is 18.2 Å². The second kappa shape index (κ2) is 8.86. The molecule has 0 N–H and O–H groups in total. The third kappa shape index (κ3) is 3.89. The Morgan fingerprint density at radius 2 is 1.56 bits per heavy atom. The van der Waals surface area contributed by atoms with E-state index in [9.17, 15) is 43.5 Å². The van der Waals surface area contributed by atoms with E-state index in [1.165, 1.54) is 12.4 Å². The van der Waals surface area contributed by atoms with Gasteiger partial charge in [0.2, 0.25) is 0 Å². The lowest BCUT2D eigenvalue weighted by Crippen LogP contribution is -2.52. The average molecular weight is 577 g/mol. The Kier molecular flexibility index (Phi) is 6.20. The number of anilines is 1. The normalized spacial score (nSPS) is 21.9. The zero-order chi connectivity index (χ0) is 28.4. The SMILES string of the molecule is O=S(=O)(c1ccc(F)cc1)[C@@]12CCN(c3ccnnc3)[C@@H]1CCc1cc(C(F)(C(F)(F)F)C(F)(F)F)ccc12. The largest absolute Gasteiger partial charge is 0.435 e. The number of fused-ring (bicyclic) bond motifs is 3. The zero-order valence-electron chi connectivity index (χ0n) is 19.8. The summed E-state index contributed by atoms with van der Waals surface area (Å²) in [6, 6.07) is 6.42. The molecule has 2 aromatic carbocycles. The maximum Gasteiger partial charge on any atom is 0.435 e. The first-order chi connectivity index (χ1) is 18.1. The predicted octanol–water partition coefficient (Wildman–Crippen LogP) is 5.80. The Morgan fingerprint density at radius 3 is 2.15 bits per heavy atom. The van der Waals surface area contributed by atoms with Crippen molar-refractivity contribution in [2.24, 2.45) is 0 Å². The molecule has 0 saturated carbocycles. The molecule has 0 unspecified atom stereocenters. The molecule has 1 saturated heterocycles. The van der Waals surface area contributed by atoms with Gasteiger partial charge in [0.15, 0.2) is 9.84 Å². The molecule has 5 nitrogen and oxygen atoms in total. The van der Waals surface area contributed by atoms with Gasteiger partial charge in [0.1, 0.15) is 10.6 Å². The number of aryl methyl sites for hydroxylation is 1. The molecule has 0 radical (unpaired) electrons. The van der Waals surface area contributed by atoms with E-state index in [2.05, 4.69) is 10.2 Å². The molecule has 208 valence electrons. The van der Waals surface area contributed by atoms with Crippen molar-refractivity contribution in [2.45, 2.75) is 53.0 Å². The van der Waals surface area contributed by atoms with Gasteiger partial charge < -0.3 is 4.90 Å². The van der Waals surface area contributed by atoms with E-state index in [0.29, 0.717) is 17.8 Å². The van der Waals surface area contributed by atoms with Crippen LogP contribution < -0.4 is 4.90 Å². The van der Waals surface area contributed by atoms with Crippen LogP contribution in [0.15, 0.2) is 65.8 Å². The molecule has 0 amide bonds. The number of rotatable bonds is 4. The number of alkyl halides is 7. The number of benzene rings is 2. The molecule has 2 heterocycles. The highest BCUT2D eigenvalue weighted by atomic mass is 32.2. The number of hydrogen-bond acceptors (Lipinski definition) is 5. The smallest absolute Gasteiger partial charge is 0.365 e. The topological polar surface area (TPSA) is 63.2 Å². The Morgan fingerprint density at radius 1 is 0.897 bits per heavy atom. The van der Waals surface area contributed by atoms with E-state index >= 15 is 0 Å². The highest BCUT2D eigenvalue weighted by molar-refractivity contribution is 7.92. The van der Waals surface area contributed by atoms with Crippen LogP contribution in [0.5, 0.6) is 0 Å². The van der Waals surface area contributed by atoms with Gasteiger partial charge >= 0.3 is 18.0 Å². The molecule has 2 atom stereocenters. The Balaban J connectivity index is 1.73. The maximum atomic E-state index is 14.9. The molecule has 0 bridgehead atoms. The van der Waals surface area contributed by atoms with E-state index in [1.54, 1.807) is 11.0 Å². The van der Waals surface area contributed by atoms with Crippen LogP contribution >= 0.6 is 0 Å². The third-order valence-electron chi connectivity index (χ3n) is 7.57. The summed E-state index contributed by atoms with van der Waals surface area (Å²) >= 11 is 0. The fourth-order valence-corrected chi connectivity index (χ4v) is 8.18. The summed E-state index contributed by atoms with van der Waals surface area (Å²) < 4.78 is 136. The van der Waals surface area contributed by atoms with Crippen molar-refractivity contribution in [2.75, 3.05) is 11.4 Å². The minimum absolute atomic E-state index is 0.0104. The monoisotopic (exact) mass is 577 g/mol. The van der Waals surface area contributed by atoms with Gasteiger partial charge in [-0.15, -0.1) is 0 Å². The van der Waals surface area contributed by atoms with Gasteiger partial charge in [-0.2, -0.15) is 36.5 Å². The molecule has 1 aliphatic carbocycles. The van der Waals surface area contributed by atoms with Gasteiger partial charge in [-0.05, 0) is 60.7 Å². The fraction of sp³-hybridized carbons (Fsp3) is 0.360. The third-order valence-corrected chi connectivity index (χ3v) is 10.1. The van der Waals surface area contributed by atoms with Crippen LogP contribution in [-0.4, -0.2) is 43.6 Å². The van der Waals surface area contributed by atoms with Crippen molar-refractivity contribution in [3.8, 4) is 0 Å². The molecule has 39 heavy (non-hydrogen) atoms. The van der Waals surface area contributed by atoms with Crippen LogP contribution in [0.3, 0.4) is 0 Å². The predicted molar refractivity (Wildman–Crippen MR) is 123 cm³/mol. The van der Waals surface area contributed by atoms with Gasteiger partial charge in [-0.25, -0.2) is 17.2 Å². The Bertz CT molecular complexity index is 1480. The van der Waals surface area contributed by atoms with E-state index in [-0.39, 0.29) is 41.8 Å². The maximum absolute atomic E-state index is 14.9. The molecule has 3 aromatic rings. The lowest BCUT2D eigenvalue weighted by molar-refractivity contribution is -0.348. The first-order valence-electron chi connectivity index (χ1n) is 11.6. The van der Waals surface area contributed by atoms with E-state index in [4.69, 9.17) is 0 Å². The molecule has 1 aromatic heterocycles. The van der Waals surface area contributed by atoms with Crippen LogP contribution in [0.4, 0.5) is 40.8 Å². The van der Waals surface area contributed by atoms with Crippen molar-refractivity contribution >= 4 is 15.5 Å². The molecule has 2 aliphatic rings. The number of sulfone groups is 1. The standard InChI is InChI=1S/C25H19F8N3O2S/c26-17-3-5-19(6-4-17)39(37,38)22-10-12-36(18-9-11-34-35-14-18)21(22)8-1-15-13-16(2-7-20(15)22)23(27,24(28,29)30)25(31,32)33/h2-7,9,11,13-14,21H,1,8,10,12H2/t21-,22-/m1/s1. The zero-order valence-corrected chi connectivity index (χ0v) is 20.6. The van der Waals surface area contributed by atoms with Crippen LogP contribution in [0.2, 0.25) is 0 Å². The van der Waals surface area contributed by atoms with Crippen LogP contribution in [0.25, 0.3) is 0 Å². The van der Waals surface area contributed by atoms with Crippen molar-refractivity contribution < 1.29 is 43.5 Å².